The van der Waals surface area contributed by atoms with E-state index >= 15 is 0 Å². The molecule has 3 rings (SSSR count). The molecule has 2 aromatic carbocycles. The first kappa shape index (κ1) is 16.3. The third kappa shape index (κ3) is 3.68. The first-order valence-corrected chi connectivity index (χ1v) is 8.51. The van der Waals surface area contributed by atoms with E-state index in [0.717, 1.165) is 22.1 Å². The van der Waals surface area contributed by atoms with Gasteiger partial charge in [-0.3, -0.25) is 0 Å². The maximum atomic E-state index is 13.1. The summed E-state index contributed by atoms with van der Waals surface area (Å²) in [5.74, 6) is 0.978. The normalized spacial score (nSPS) is 11.0. The highest BCUT2D eigenvalue weighted by Gasteiger charge is 2.12. The van der Waals surface area contributed by atoms with Crippen LogP contribution in [0.5, 0.6) is 0 Å². The molecule has 0 spiro atoms. The van der Waals surface area contributed by atoms with Crippen molar-refractivity contribution in [2.45, 2.75) is 10.9 Å². The lowest BCUT2D eigenvalue weighted by Crippen LogP contribution is -1.95. The van der Waals surface area contributed by atoms with Crippen molar-refractivity contribution in [2.75, 3.05) is 0 Å². The van der Waals surface area contributed by atoms with Crippen LogP contribution in [0.1, 0.15) is 5.56 Å². The molecular formula is C16H12Cl2FN3S. The Bertz CT molecular complexity index is 851. The Kier molecular flexibility index (Phi) is 4.90. The van der Waals surface area contributed by atoms with Crippen molar-refractivity contribution < 1.29 is 4.39 Å². The summed E-state index contributed by atoms with van der Waals surface area (Å²) in [7, 11) is 1.89. The molecule has 118 valence electrons. The van der Waals surface area contributed by atoms with Crippen LogP contribution in [0, 0.1) is 5.82 Å². The zero-order chi connectivity index (χ0) is 16.4. The van der Waals surface area contributed by atoms with Gasteiger partial charge in [-0.15, -0.1) is 10.2 Å². The highest BCUT2D eigenvalue weighted by Crippen LogP contribution is 2.28. The van der Waals surface area contributed by atoms with Crippen molar-refractivity contribution in [2.24, 2.45) is 7.05 Å². The first-order valence-electron chi connectivity index (χ1n) is 6.76. The minimum atomic E-state index is -0.342. The number of hydrogen-bond donors (Lipinski definition) is 0. The average molecular weight is 368 g/mol. The lowest BCUT2D eigenvalue weighted by molar-refractivity contribution is 0.627. The van der Waals surface area contributed by atoms with Crippen LogP contribution in [0.2, 0.25) is 10.0 Å². The highest BCUT2D eigenvalue weighted by atomic mass is 35.5. The molecule has 0 fully saturated rings. The number of hydrogen-bond acceptors (Lipinski definition) is 3. The van der Waals surface area contributed by atoms with Gasteiger partial charge >= 0.3 is 0 Å². The molecule has 1 aromatic heterocycles. The van der Waals surface area contributed by atoms with E-state index in [1.54, 1.807) is 6.07 Å². The molecule has 3 aromatic rings. The number of nitrogens with zero attached hydrogens (tertiary/aromatic N) is 3. The monoisotopic (exact) mass is 367 g/mol. The van der Waals surface area contributed by atoms with Crippen LogP contribution in [-0.4, -0.2) is 14.8 Å². The Morgan fingerprint density at radius 3 is 2.70 bits per heavy atom. The fourth-order valence-corrected chi connectivity index (χ4v) is 3.52. The van der Waals surface area contributed by atoms with Gasteiger partial charge in [0.25, 0.3) is 0 Å². The molecule has 0 aliphatic carbocycles. The molecule has 0 amide bonds. The maximum absolute atomic E-state index is 13.1. The number of benzene rings is 2. The van der Waals surface area contributed by atoms with Crippen LogP contribution >= 0.6 is 35.0 Å². The van der Waals surface area contributed by atoms with E-state index in [2.05, 4.69) is 10.2 Å². The van der Waals surface area contributed by atoms with Crippen molar-refractivity contribution in [3.8, 4) is 11.4 Å². The summed E-state index contributed by atoms with van der Waals surface area (Å²) in [6, 6.07) is 11.9. The Hall–Kier alpha value is -1.56. The van der Waals surface area contributed by atoms with Gasteiger partial charge in [0.2, 0.25) is 0 Å². The number of rotatable bonds is 4. The SMILES string of the molecule is Cn1c(SCc2ccc(F)cc2Cl)nnc1-c1cccc(Cl)c1. The van der Waals surface area contributed by atoms with E-state index in [4.69, 9.17) is 23.2 Å². The zero-order valence-electron chi connectivity index (χ0n) is 12.1. The van der Waals surface area contributed by atoms with Crippen LogP contribution in [0.4, 0.5) is 4.39 Å². The summed E-state index contributed by atoms with van der Waals surface area (Å²) in [4.78, 5) is 0. The van der Waals surface area contributed by atoms with Crippen molar-refractivity contribution in [1.82, 2.24) is 14.8 Å². The predicted molar refractivity (Wildman–Crippen MR) is 92.4 cm³/mol. The molecule has 3 nitrogen and oxygen atoms in total. The molecule has 0 saturated heterocycles. The fraction of sp³-hybridized carbons (Fsp3) is 0.125. The lowest BCUT2D eigenvalue weighted by atomic mass is 10.2. The van der Waals surface area contributed by atoms with E-state index in [9.17, 15) is 4.39 Å². The predicted octanol–water partition coefficient (Wildman–Crippen LogP) is 5.22. The van der Waals surface area contributed by atoms with Crippen molar-refractivity contribution in [3.63, 3.8) is 0 Å². The molecule has 1 heterocycles. The lowest BCUT2D eigenvalue weighted by Gasteiger charge is -2.06. The van der Waals surface area contributed by atoms with Crippen molar-refractivity contribution in [1.29, 1.82) is 0 Å². The minimum Gasteiger partial charge on any atom is -0.305 e. The van der Waals surface area contributed by atoms with Crippen LogP contribution in [-0.2, 0) is 12.8 Å². The molecular weight excluding hydrogens is 356 g/mol. The smallest absolute Gasteiger partial charge is 0.191 e. The summed E-state index contributed by atoms with van der Waals surface area (Å²) >= 11 is 13.5. The van der Waals surface area contributed by atoms with Crippen LogP contribution in [0.25, 0.3) is 11.4 Å². The van der Waals surface area contributed by atoms with E-state index in [0.29, 0.717) is 15.8 Å². The van der Waals surface area contributed by atoms with Crippen LogP contribution in [0.15, 0.2) is 47.6 Å². The van der Waals surface area contributed by atoms with Crippen LogP contribution < -0.4 is 0 Å². The molecule has 0 N–H and O–H groups in total. The second-order valence-electron chi connectivity index (χ2n) is 4.90. The quantitative estimate of drug-likeness (QED) is 0.592. The molecule has 7 heteroatoms. The topological polar surface area (TPSA) is 30.7 Å². The van der Waals surface area contributed by atoms with Gasteiger partial charge in [-0.05, 0) is 29.8 Å². The van der Waals surface area contributed by atoms with Gasteiger partial charge in [-0.1, -0.05) is 53.2 Å². The minimum absolute atomic E-state index is 0.342. The second kappa shape index (κ2) is 6.91. The maximum Gasteiger partial charge on any atom is 0.191 e. The van der Waals surface area contributed by atoms with Crippen molar-refractivity contribution >= 4 is 35.0 Å². The van der Waals surface area contributed by atoms with Gasteiger partial charge in [0.15, 0.2) is 11.0 Å². The van der Waals surface area contributed by atoms with Crippen LogP contribution in [0.3, 0.4) is 0 Å². The first-order chi connectivity index (χ1) is 11.0. The standard InChI is InChI=1S/C16H12Cl2FN3S/c1-22-15(10-3-2-4-12(17)7-10)20-21-16(22)23-9-11-5-6-13(19)8-14(11)18/h2-8H,9H2,1H3. The van der Waals surface area contributed by atoms with Gasteiger partial charge in [0.1, 0.15) is 5.82 Å². The number of thioether (sulfide) groups is 1. The van der Waals surface area contributed by atoms with E-state index < -0.39 is 0 Å². The largest absolute Gasteiger partial charge is 0.305 e. The number of aromatic nitrogens is 3. The molecule has 0 atom stereocenters. The Morgan fingerprint density at radius 1 is 1.13 bits per heavy atom. The van der Waals surface area contributed by atoms with Gasteiger partial charge in [0.05, 0.1) is 0 Å². The second-order valence-corrected chi connectivity index (χ2v) is 6.69. The molecule has 23 heavy (non-hydrogen) atoms. The molecule has 0 aliphatic heterocycles. The summed E-state index contributed by atoms with van der Waals surface area (Å²) in [5.41, 5.74) is 1.75. The van der Waals surface area contributed by atoms with E-state index in [-0.39, 0.29) is 5.82 Å². The molecule has 0 saturated carbocycles. The summed E-state index contributed by atoms with van der Waals surface area (Å²) in [6.07, 6.45) is 0. The summed E-state index contributed by atoms with van der Waals surface area (Å²) < 4.78 is 15.0. The highest BCUT2D eigenvalue weighted by molar-refractivity contribution is 7.98. The summed E-state index contributed by atoms with van der Waals surface area (Å²) in [5, 5.41) is 10.2. The van der Waals surface area contributed by atoms with Gasteiger partial charge < -0.3 is 4.57 Å². The van der Waals surface area contributed by atoms with Gasteiger partial charge in [-0.2, -0.15) is 0 Å². The third-order valence-electron chi connectivity index (χ3n) is 3.29. The van der Waals surface area contributed by atoms with E-state index in [1.165, 1.54) is 23.9 Å². The molecule has 0 bridgehead atoms. The Balaban J connectivity index is 1.80. The third-order valence-corrected chi connectivity index (χ3v) is 4.95. The Morgan fingerprint density at radius 2 is 1.96 bits per heavy atom. The van der Waals surface area contributed by atoms with Gasteiger partial charge in [0, 0.05) is 28.4 Å². The fourth-order valence-electron chi connectivity index (χ4n) is 2.10. The number of halogens is 3. The zero-order valence-corrected chi connectivity index (χ0v) is 14.5. The van der Waals surface area contributed by atoms with Crippen molar-refractivity contribution in [3.05, 3.63) is 63.9 Å². The average Bonchev–Trinajstić information content (AvgIpc) is 2.87. The summed E-state index contributed by atoms with van der Waals surface area (Å²) in [6.45, 7) is 0. The Labute approximate surface area is 147 Å². The molecule has 0 aliphatic rings. The molecule has 0 radical (unpaired) electrons. The van der Waals surface area contributed by atoms with Gasteiger partial charge in [-0.25, -0.2) is 4.39 Å². The van der Waals surface area contributed by atoms with E-state index in [1.807, 2.05) is 35.9 Å². The molecule has 0 unspecified atom stereocenters.